The molecule has 2 aromatic heterocycles. The highest BCUT2D eigenvalue weighted by Crippen LogP contribution is 2.27. The summed E-state index contributed by atoms with van der Waals surface area (Å²) >= 11 is 1.35. The lowest BCUT2D eigenvalue weighted by Gasteiger charge is -2.26. The minimum absolute atomic E-state index is 0.294. The lowest BCUT2D eigenvalue weighted by molar-refractivity contribution is 0.334. The number of hydrogen-bond acceptors (Lipinski definition) is 5. The first kappa shape index (κ1) is 13.7. The number of aromatic nitrogens is 3. The summed E-state index contributed by atoms with van der Waals surface area (Å²) in [6.07, 6.45) is 0.855. The van der Waals surface area contributed by atoms with Crippen molar-refractivity contribution in [3.05, 3.63) is 28.7 Å². The third-order valence-electron chi connectivity index (χ3n) is 3.48. The number of aryl methyl sites for hydroxylation is 2. The van der Waals surface area contributed by atoms with Crippen LogP contribution in [0.1, 0.15) is 23.4 Å². The van der Waals surface area contributed by atoms with Crippen LogP contribution in [-0.4, -0.2) is 34.0 Å². The van der Waals surface area contributed by atoms with Crippen LogP contribution in [0.4, 0.5) is 0 Å². The van der Waals surface area contributed by atoms with Crippen LogP contribution in [-0.2, 0) is 29.5 Å². The fourth-order valence-electron chi connectivity index (χ4n) is 2.30. The van der Waals surface area contributed by atoms with E-state index in [0.717, 1.165) is 17.1 Å². The van der Waals surface area contributed by atoms with Gasteiger partial charge in [-0.3, -0.25) is 0 Å². The van der Waals surface area contributed by atoms with Crippen LogP contribution in [0.3, 0.4) is 0 Å². The summed E-state index contributed by atoms with van der Waals surface area (Å²) in [6.45, 7) is 5.28. The summed E-state index contributed by atoms with van der Waals surface area (Å²) in [6, 6.07) is 3.58. The summed E-state index contributed by atoms with van der Waals surface area (Å²) in [5.41, 5.74) is 0. The highest BCUT2D eigenvalue weighted by atomic mass is 32.2. The van der Waals surface area contributed by atoms with Crippen LogP contribution >= 0.6 is 11.3 Å². The van der Waals surface area contributed by atoms with Crippen molar-refractivity contribution in [2.75, 3.05) is 6.54 Å². The van der Waals surface area contributed by atoms with E-state index in [-0.39, 0.29) is 0 Å². The van der Waals surface area contributed by atoms with Crippen LogP contribution in [0, 0.1) is 6.92 Å². The van der Waals surface area contributed by atoms with Crippen molar-refractivity contribution >= 4 is 21.4 Å². The Labute approximate surface area is 122 Å². The molecule has 0 spiro atoms. The Balaban J connectivity index is 1.90. The van der Waals surface area contributed by atoms with Crippen molar-refractivity contribution in [3.8, 4) is 0 Å². The van der Waals surface area contributed by atoms with Gasteiger partial charge in [0.25, 0.3) is 10.0 Å². The molecule has 0 saturated carbocycles. The molecule has 0 N–H and O–H groups in total. The monoisotopic (exact) mass is 312 g/mol. The average Bonchev–Trinajstić information content (AvgIpc) is 3.06. The standard InChI is InChI=1S/C12H16N4O2S2/c1-3-10-4-5-12(19-10)20(17,18)15-6-7-16-9(2)13-14-11(16)8-15/h4-5H,3,6-8H2,1-2H3. The normalized spacial score (nSPS) is 16.3. The Morgan fingerprint density at radius 2 is 2.10 bits per heavy atom. The minimum Gasteiger partial charge on any atom is -0.313 e. The van der Waals surface area contributed by atoms with Gasteiger partial charge < -0.3 is 4.57 Å². The largest absolute Gasteiger partial charge is 0.313 e. The van der Waals surface area contributed by atoms with E-state index in [1.165, 1.54) is 15.6 Å². The van der Waals surface area contributed by atoms with Gasteiger partial charge >= 0.3 is 0 Å². The third kappa shape index (κ3) is 2.17. The zero-order chi connectivity index (χ0) is 14.3. The van der Waals surface area contributed by atoms with E-state index in [0.29, 0.717) is 29.7 Å². The van der Waals surface area contributed by atoms with Crippen LogP contribution in [0.5, 0.6) is 0 Å². The van der Waals surface area contributed by atoms with E-state index < -0.39 is 10.0 Å². The van der Waals surface area contributed by atoms with Gasteiger partial charge in [0.05, 0.1) is 6.54 Å². The maximum Gasteiger partial charge on any atom is 0.253 e. The van der Waals surface area contributed by atoms with Crippen molar-refractivity contribution in [2.45, 2.75) is 37.6 Å². The average molecular weight is 312 g/mol. The molecule has 2 aromatic rings. The molecule has 0 aliphatic carbocycles. The summed E-state index contributed by atoms with van der Waals surface area (Å²) in [7, 11) is -3.41. The van der Waals surface area contributed by atoms with Crippen molar-refractivity contribution < 1.29 is 8.42 Å². The molecule has 0 unspecified atom stereocenters. The predicted octanol–water partition coefficient (Wildman–Crippen LogP) is 1.41. The molecular formula is C12H16N4O2S2. The molecule has 0 atom stereocenters. The van der Waals surface area contributed by atoms with E-state index in [4.69, 9.17) is 0 Å². The van der Waals surface area contributed by atoms with Crippen LogP contribution < -0.4 is 0 Å². The molecule has 0 fully saturated rings. The Morgan fingerprint density at radius 1 is 1.30 bits per heavy atom. The molecule has 0 saturated heterocycles. The summed E-state index contributed by atoms with van der Waals surface area (Å²) in [4.78, 5) is 1.08. The smallest absolute Gasteiger partial charge is 0.253 e. The van der Waals surface area contributed by atoms with E-state index in [9.17, 15) is 8.42 Å². The minimum atomic E-state index is -3.41. The van der Waals surface area contributed by atoms with E-state index in [2.05, 4.69) is 10.2 Å². The first-order chi connectivity index (χ1) is 9.52. The molecular weight excluding hydrogens is 296 g/mol. The van der Waals surface area contributed by atoms with Crippen LogP contribution in [0.2, 0.25) is 0 Å². The van der Waals surface area contributed by atoms with Gasteiger partial charge in [0.2, 0.25) is 0 Å². The van der Waals surface area contributed by atoms with Crippen molar-refractivity contribution in [1.29, 1.82) is 0 Å². The van der Waals surface area contributed by atoms with Gasteiger partial charge in [-0.05, 0) is 25.5 Å². The predicted molar refractivity (Wildman–Crippen MR) is 76.1 cm³/mol. The first-order valence-electron chi connectivity index (χ1n) is 6.50. The van der Waals surface area contributed by atoms with E-state index in [1.54, 1.807) is 6.07 Å². The van der Waals surface area contributed by atoms with Gasteiger partial charge in [-0.1, -0.05) is 6.92 Å². The maximum absolute atomic E-state index is 12.6. The lowest BCUT2D eigenvalue weighted by Crippen LogP contribution is -2.38. The molecule has 1 aliphatic heterocycles. The molecule has 1 aliphatic rings. The third-order valence-corrected chi connectivity index (χ3v) is 7.02. The van der Waals surface area contributed by atoms with Crippen molar-refractivity contribution in [1.82, 2.24) is 19.1 Å². The highest BCUT2D eigenvalue weighted by molar-refractivity contribution is 7.91. The van der Waals surface area contributed by atoms with Gasteiger partial charge in [-0.2, -0.15) is 4.31 Å². The summed E-state index contributed by atoms with van der Waals surface area (Å²) in [5.74, 6) is 1.55. The number of thiophene rings is 1. The molecule has 0 radical (unpaired) electrons. The molecule has 6 nitrogen and oxygen atoms in total. The topological polar surface area (TPSA) is 68.1 Å². The van der Waals surface area contributed by atoms with Gasteiger partial charge in [0.15, 0.2) is 0 Å². The Morgan fingerprint density at radius 3 is 2.80 bits per heavy atom. The second-order valence-corrected chi connectivity index (χ2v) is 8.06. The maximum atomic E-state index is 12.6. The number of rotatable bonds is 3. The Bertz CT molecular complexity index is 732. The number of nitrogens with zero attached hydrogens (tertiary/aromatic N) is 4. The molecule has 3 rings (SSSR count). The fraction of sp³-hybridized carbons (Fsp3) is 0.500. The summed E-state index contributed by atoms with van der Waals surface area (Å²) in [5, 5.41) is 8.04. The zero-order valence-electron chi connectivity index (χ0n) is 11.4. The van der Waals surface area contributed by atoms with Crippen molar-refractivity contribution in [2.24, 2.45) is 0 Å². The van der Waals surface area contributed by atoms with Crippen LogP contribution in [0.25, 0.3) is 0 Å². The fourth-order valence-corrected chi connectivity index (χ4v) is 5.14. The Kier molecular flexibility index (Phi) is 3.39. The lowest BCUT2D eigenvalue weighted by atomic mass is 10.4. The Hall–Kier alpha value is -1.25. The molecule has 0 aromatic carbocycles. The molecule has 3 heterocycles. The second-order valence-electron chi connectivity index (χ2n) is 4.73. The molecule has 0 amide bonds. The number of fused-ring (bicyclic) bond motifs is 1. The zero-order valence-corrected chi connectivity index (χ0v) is 13.0. The van der Waals surface area contributed by atoms with Crippen LogP contribution in [0.15, 0.2) is 16.3 Å². The van der Waals surface area contributed by atoms with E-state index in [1.807, 2.05) is 24.5 Å². The van der Waals surface area contributed by atoms with Gasteiger partial charge in [-0.25, -0.2) is 8.42 Å². The van der Waals surface area contributed by atoms with Crippen molar-refractivity contribution in [3.63, 3.8) is 0 Å². The quantitative estimate of drug-likeness (QED) is 0.859. The first-order valence-corrected chi connectivity index (χ1v) is 8.75. The molecule has 8 heteroatoms. The van der Waals surface area contributed by atoms with Gasteiger partial charge in [0, 0.05) is 18.0 Å². The number of sulfonamides is 1. The molecule has 0 bridgehead atoms. The second kappa shape index (κ2) is 4.94. The van der Waals surface area contributed by atoms with E-state index >= 15 is 0 Å². The molecule has 108 valence electrons. The highest BCUT2D eigenvalue weighted by Gasteiger charge is 2.31. The number of hydrogen-bond donors (Lipinski definition) is 0. The summed E-state index contributed by atoms with van der Waals surface area (Å²) < 4.78 is 29.1. The van der Waals surface area contributed by atoms with Gasteiger partial charge in [0.1, 0.15) is 15.9 Å². The van der Waals surface area contributed by atoms with Gasteiger partial charge in [-0.15, -0.1) is 21.5 Å². The SMILES string of the molecule is CCc1ccc(S(=O)(=O)N2CCn3c(C)nnc3C2)s1. The molecule has 20 heavy (non-hydrogen) atoms.